The number of thiophene rings is 1. The lowest BCUT2D eigenvalue weighted by atomic mass is 10.3. The first-order valence-electron chi connectivity index (χ1n) is 6.75. The predicted octanol–water partition coefficient (Wildman–Crippen LogP) is 1.30. The van der Waals surface area contributed by atoms with Gasteiger partial charge < -0.3 is 5.32 Å². The van der Waals surface area contributed by atoms with Gasteiger partial charge in [0, 0.05) is 23.8 Å². The SMILES string of the molecule is CCc1ccc(S(=O)(=O)NCC(=O)NCc2ccncc2)s1. The fourth-order valence-corrected chi connectivity index (χ4v) is 4.01. The second-order valence-electron chi connectivity index (χ2n) is 4.53. The number of carbonyl (C=O) groups excluding carboxylic acids is 1. The van der Waals surface area contributed by atoms with Crippen molar-refractivity contribution in [1.82, 2.24) is 15.0 Å². The van der Waals surface area contributed by atoms with Crippen molar-refractivity contribution in [2.75, 3.05) is 6.54 Å². The molecule has 2 aromatic heterocycles. The molecule has 0 aliphatic rings. The smallest absolute Gasteiger partial charge is 0.250 e. The van der Waals surface area contributed by atoms with Gasteiger partial charge in [0.15, 0.2) is 0 Å². The Bertz CT molecular complexity index is 727. The van der Waals surface area contributed by atoms with Gasteiger partial charge in [0.25, 0.3) is 10.0 Å². The van der Waals surface area contributed by atoms with Gasteiger partial charge in [-0.05, 0) is 36.2 Å². The molecule has 0 spiro atoms. The van der Waals surface area contributed by atoms with E-state index in [2.05, 4.69) is 15.0 Å². The molecular weight excluding hydrogens is 322 g/mol. The standard InChI is InChI=1S/C14H17N3O3S2/c1-2-12-3-4-14(21-12)22(19,20)17-10-13(18)16-9-11-5-7-15-8-6-11/h3-8,17H,2,9-10H2,1H3,(H,16,18). The number of rotatable bonds is 7. The summed E-state index contributed by atoms with van der Waals surface area (Å²) in [6.07, 6.45) is 4.05. The van der Waals surface area contributed by atoms with Crippen molar-refractivity contribution in [3.63, 3.8) is 0 Å². The summed E-state index contributed by atoms with van der Waals surface area (Å²) >= 11 is 1.21. The van der Waals surface area contributed by atoms with Crippen molar-refractivity contribution in [3.05, 3.63) is 47.1 Å². The second-order valence-corrected chi connectivity index (χ2v) is 7.69. The summed E-state index contributed by atoms with van der Waals surface area (Å²) in [7, 11) is -3.63. The van der Waals surface area contributed by atoms with Gasteiger partial charge in [0.1, 0.15) is 4.21 Å². The zero-order valence-electron chi connectivity index (χ0n) is 12.1. The van der Waals surface area contributed by atoms with Crippen LogP contribution in [0.3, 0.4) is 0 Å². The Morgan fingerprint density at radius 3 is 2.59 bits per heavy atom. The van der Waals surface area contributed by atoms with Crippen LogP contribution in [-0.4, -0.2) is 25.9 Å². The van der Waals surface area contributed by atoms with E-state index in [0.29, 0.717) is 6.54 Å². The van der Waals surface area contributed by atoms with Crippen LogP contribution >= 0.6 is 11.3 Å². The molecule has 0 bridgehead atoms. The minimum absolute atomic E-state index is 0.228. The van der Waals surface area contributed by atoms with E-state index in [1.807, 2.05) is 6.92 Å². The third-order valence-electron chi connectivity index (χ3n) is 2.91. The number of nitrogens with one attached hydrogen (secondary N) is 2. The molecule has 22 heavy (non-hydrogen) atoms. The van der Waals surface area contributed by atoms with E-state index in [1.54, 1.807) is 36.7 Å². The Labute approximate surface area is 133 Å². The van der Waals surface area contributed by atoms with Crippen molar-refractivity contribution < 1.29 is 13.2 Å². The number of pyridine rings is 1. The van der Waals surface area contributed by atoms with E-state index < -0.39 is 10.0 Å². The molecule has 8 heteroatoms. The number of amides is 1. The first kappa shape index (κ1) is 16.6. The van der Waals surface area contributed by atoms with Crippen molar-refractivity contribution in [2.45, 2.75) is 24.1 Å². The predicted molar refractivity (Wildman–Crippen MR) is 85.0 cm³/mol. The van der Waals surface area contributed by atoms with Gasteiger partial charge >= 0.3 is 0 Å². The van der Waals surface area contributed by atoms with E-state index >= 15 is 0 Å². The van der Waals surface area contributed by atoms with Crippen LogP contribution in [0.15, 0.2) is 40.9 Å². The van der Waals surface area contributed by atoms with Crippen LogP contribution in [0, 0.1) is 0 Å². The number of nitrogens with zero attached hydrogens (tertiary/aromatic N) is 1. The topological polar surface area (TPSA) is 88.2 Å². The Morgan fingerprint density at radius 1 is 1.23 bits per heavy atom. The molecule has 0 aliphatic carbocycles. The highest BCUT2D eigenvalue weighted by Gasteiger charge is 2.17. The highest BCUT2D eigenvalue weighted by Crippen LogP contribution is 2.21. The van der Waals surface area contributed by atoms with Crippen LogP contribution in [-0.2, 0) is 27.8 Å². The van der Waals surface area contributed by atoms with E-state index in [4.69, 9.17) is 0 Å². The number of sulfonamides is 1. The Kier molecular flexibility index (Phi) is 5.64. The van der Waals surface area contributed by atoms with Crippen LogP contribution in [0.1, 0.15) is 17.4 Å². The molecule has 118 valence electrons. The first-order valence-corrected chi connectivity index (χ1v) is 9.05. The minimum atomic E-state index is -3.63. The molecule has 2 aromatic rings. The summed E-state index contributed by atoms with van der Waals surface area (Å²) in [6.45, 7) is 2.01. The molecule has 6 nitrogen and oxygen atoms in total. The molecule has 0 fully saturated rings. The highest BCUT2D eigenvalue weighted by atomic mass is 32.2. The minimum Gasteiger partial charge on any atom is -0.351 e. The van der Waals surface area contributed by atoms with E-state index in [-0.39, 0.29) is 16.7 Å². The molecule has 0 saturated carbocycles. The van der Waals surface area contributed by atoms with Gasteiger partial charge in [-0.1, -0.05) is 6.92 Å². The highest BCUT2D eigenvalue weighted by molar-refractivity contribution is 7.91. The van der Waals surface area contributed by atoms with Crippen LogP contribution in [0.2, 0.25) is 0 Å². The maximum Gasteiger partial charge on any atom is 0.250 e. The van der Waals surface area contributed by atoms with Gasteiger partial charge in [-0.25, -0.2) is 13.1 Å². The van der Waals surface area contributed by atoms with Crippen molar-refractivity contribution in [3.8, 4) is 0 Å². The van der Waals surface area contributed by atoms with E-state index in [1.165, 1.54) is 11.3 Å². The summed E-state index contributed by atoms with van der Waals surface area (Å²) in [5, 5.41) is 2.65. The number of hydrogen-bond donors (Lipinski definition) is 2. The lowest BCUT2D eigenvalue weighted by Crippen LogP contribution is -2.36. The first-order chi connectivity index (χ1) is 10.5. The van der Waals surface area contributed by atoms with Crippen molar-refractivity contribution in [2.24, 2.45) is 0 Å². The van der Waals surface area contributed by atoms with Gasteiger partial charge in [-0.3, -0.25) is 9.78 Å². The zero-order chi connectivity index (χ0) is 16.0. The van der Waals surface area contributed by atoms with Gasteiger partial charge in [-0.2, -0.15) is 0 Å². The summed E-state index contributed by atoms with van der Waals surface area (Å²) in [6, 6.07) is 6.90. The maximum absolute atomic E-state index is 12.1. The molecular formula is C14H17N3O3S2. The fourth-order valence-electron chi connectivity index (χ4n) is 1.69. The molecule has 2 N–H and O–H groups in total. The summed E-state index contributed by atoms with van der Waals surface area (Å²) in [4.78, 5) is 16.6. The summed E-state index contributed by atoms with van der Waals surface area (Å²) in [5.41, 5.74) is 0.900. The zero-order valence-corrected chi connectivity index (χ0v) is 13.7. The van der Waals surface area contributed by atoms with Crippen molar-refractivity contribution >= 4 is 27.3 Å². The van der Waals surface area contributed by atoms with E-state index in [0.717, 1.165) is 16.9 Å². The second kappa shape index (κ2) is 7.48. The summed E-state index contributed by atoms with van der Waals surface area (Å²) in [5.74, 6) is -0.382. The normalized spacial score (nSPS) is 11.3. The maximum atomic E-state index is 12.1. The number of hydrogen-bond acceptors (Lipinski definition) is 5. The number of carbonyl (C=O) groups is 1. The van der Waals surface area contributed by atoms with Gasteiger partial charge in [-0.15, -0.1) is 11.3 Å². The Hall–Kier alpha value is -1.77. The molecule has 0 aliphatic heterocycles. The van der Waals surface area contributed by atoms with Crippen molar-refractivity contribution in [1.29, 1.82) is 0 Å². The monoisotopic (exact) mass is 339 g/mol. The van der Waals surface area contributed by atoms with Crippen LogP contribution in [0.25, 0.3) is 0 Å². The molecule has 1 amide bonds. The van der Waals surface area contributed by atoms with Crippen LogP contribution in [0.5, 0.6) is 0 Å². The third-order valence-corrected chi connectivity index (χ3v) is 6.03. The quantitative estimate of drug-likeness (QED) is 0.796. The largest absolute Gasteiger partial charge is 0.351 e. The Balaban J connectivity index is 1.85. The molecule has 0 unspecified atom stereocenters. The lowest BCUT2D eigenvalue weighted by Gasteiger charge is -2.06. The molecule has 2 heterocycles. The number of aryl methyl sites for hydroxylation is 1. The summed E-state index contributed by atoms with van der Waals surface area (Å²) < 4.78 is 26.6. The average molecular weight is 339 g/mol. The molecule has 2 rings (SSSR count). The molecule has 0 saturated heterocycles. The van der Waals surface area contributed by atoms with Gasteiger partial charge in [0.05, 0.1) is 6.54 Å². The lowest BCUT2D eigenvalue weighted by molar-refractivity contribution is -0.120. The fraction of sp³-hybridized carbons (Fsp3) is 0.286. The molecule has 0 aromatic carbocycles. The molecule has 0 radical (unpaired) electrons. The van der Waals surface area contributed by atoms with Crippen LogP contribution < -0.4 is 10.0 Å². The number of aromatic nitrogens is 1. The Morgan fingerprint density at radius 2 is 1.95 bits per heavy atom. The average Bonchev–Trinajstić information content (AvgIpc) is 3.02. The van der Waals surface area contributed by atoms with E-state index in [9.17, 15) is 13.2 Å². The van der Waals surface area contributed by atoms with Gasteiger partial charge in [0.2, 0.25) is 5.91 Å². The molecule has 0 atom stereocenters. The third kappa shape index (κ3) is 4.62. The van der Waals surface area contributed by atoms with Crippen LogP contribution in [0.4, 0.5) is 0 Å².